The average Bonchev–Trinajstić information content (AvgIpc) is 2.26. The van der Waals surface area contributed by atoms with Gasteiger partial charge in [0.15, 0.2) is 5.78 Å². The Balaban J connectivity index is 2.40. The number of nitrogens with zero attached hydrogens (tertiary/aromatic N) is 2. The largest absolute Gasteiger partial charge is 0.294 e. The summed E-state index contributed by atoms with van der Waals surface area (Å²) in [6.07, 6.45) is 7.18. The van der Waals surface area contributed by atoms with Gasteiger partial charge in [-0.3, -0.25) is 4.79 Å². The Morgan fingerprint density at radius 3 is 2.92 bits per heavy atom. The van der Waals surface area contributed by atoms with Crippen molar-refractivity contribution in [2.45, 2.75) is 25.4 Å². The third-order valence-electron chi connectivity index (χ3n) is 2.54. The lowest BCUT2D eigenvalue weighted by Crippen LogP contribution is -2.36. The normalized spacial score (nSPS) is 34.8. The van der Waals surface area contributed by atoms with Crippen molar-refractivity contribution in [1.82, 2.24) is 0 Å². The van der Waals surface area contributed by atoms with Crippen molar-refractivity contribution < 1.29 is 4.79 Å². The van der Waals surface area contributed by atoms with Gasteiger partial charge in [0.25, 0.3) is 0 Å². The van der Waals surface area contributed by atoms with E-state index in [1.54, 1.807) is 12.2 Å². The molecule has 1 aliphatic heterocycles. The number of hydrogen-bond acceptors (Lipinski definition) is 3. The number of carbonyl (C=O) groups excluding carboxylic acids is 1. The van der Waals surface area contributed by atoms with Gasteiger partial charge in [0.2, 0.25) is 0 Å². The van der Waals surface area contributed by atoms with Crippen molar-refractivity contribution in [3.05, 3.63) is 24.3 Å². The van der Waals surface area contributed by atoms with Gasteiger partial charge in [-0.05, 0) is 19.9 Å². The molecule has 2 atom stereocenters. The molecule has 0 fully saturated rings. The molecule has 0 saturated heterocycles. The van der Waals surface area contributed by atoms with Crippen LogP contribution in [0, 0.1) is 5.92 Å². The highest BCUT2D eigenvalue weighted by molar-refractivity contribution is 5.94. The van der Waals surface area contributed by atoms with Crippen molar-refractivity contribution >= 4 is 5.78 Å². The zero-order valence-corrected chi connectivity index (χ0v) is 7.77. The van der Waals surface area contributed by atoms with E-state index in [0.29, 0.717) is 0 Å². The van der Waals surface area contributed by atoms with E-state index in [4.69, 9.17) is 0 Å². The van der Waals surface area contributed by atoms with E-state index < -0.39 is 0 Å². The van der Waals surface area contributed by atoms with Gasteiger partial charge in [-0.15, -0.1) is 0 Å². The molecule has 68 valence electrons. The Morgan fingerprint density at radius 1 is 1.38 bits per heavy atom. The number of rotatable bonds is 0. The number of carbonyl (C=O) groups is 1. The molecule has 13 heavy (non-hydrogen) atoms. The average molecular weight is 176 g/mol. The summed E-state index contributed by atoms with van der Waals surface area (Å²) in [6, 6.07) is -0.0579. The fourth-order valence-electron chi connectivity index (χ4n) is 1.86. The van der Waals surface area contributed by atoms with E-state index in [1.165, 1.54) is 0 Å². The summed E-state index contributed by atoms with van der Waals surface area (Å²) in [7, 11) is 0. The summed E-state index contributed by atoms with van der Waals surface area (Å²) in [5.41, 5.74) is -0.346. The van der Waals surface area contributed by atoms with Crippen LogP contribution in [0.25, 0.3) is 0 Å². The maximum Gasteiger partial charge on any atom is 0.163 e. The molecule has 3 heteroatoms. The number of hydrogen-bond donors (Lipinski definition) is 0. The van der Waals surface area contributed by atoms with E-state index in [9.17, 15) is 4.79 Å². The molecule has 0 aromatic heterocycles. The number of allylic oxidation sites excluding steroid dienone is 3. The molecule has 1 heterocycles. The Labute approximate surface area is 77.2 Å². The van der Waals surface area contributed by atoms with Gasteiger partial charge in [-0.1, -0.05) is 18.2 Å². The van der Waals surface area contributed by atoms with E-state index in [2.05, 4.69) is 10.2 Å². The van der Waals surface area contributed by atoms with Crippen molar-refractivity contribution in [2.75, 3.05) is 0 Å². The Kier molecular flexibility index (Phi) is 1.68. The number of fused-ring (bicyclic) bond motifs is 1. The van der Waals surface area contributed by atoms with Gasteiger partial charge in [0, 0.05) is 0 Å². The predicted molar refractivity (Wildman–Crippen MR) is 49.5 cm³/mol. The van der Waals surface area contributed by atoms with Gasteiger partial charge in [0.05, 0.1) is 11.5 Å². The molecule has 2 unspecified atom stereocenters. The van der Waals surface area contributed by atoms with Crippen molar-refractivity contribution in [2.24, 2.45) is 16.1 Å². The van der Waals surface area contributed by atoms with Gasteiger partial charge in [-0.25, -0.2) is 0 Å². The lowest BCUT2D eigenvalue weighted by Gasteiger charge is -2.22. The molecule has 0 bridgehead atoms. The molecule has 2 aliphatic rings. The first-order valence-electron chi connectivity index (χ1n) is 4.42. The molecule has 0 amide bonds. The van der Waals surface area contributed by atoms with Gasteiger partial charge < -0.3 is 0 Å². The zero-order chi connectivity index (χ0) is 9.47. The van der Waals surface area contributed by atoms with Crippen LogP contribution in [0.2, 0.25) is 0 Å². The standard InChI is InChI=1S/C10H12N2O/c1-10(2)9-7(11-12-10)5-3-4-6-8(9)13/h3-7,9H,1-2H3. The summed E-state index contributed by atoms with van der Waals surface area (Å²) in [6.45, 7) is 3.90. The molecule has 0 aromatic carbocycles. The summed E-state index contributed by atoms with van der Waals surface area (Å²) in [5, 5.41) is 8.22. The second-order valence-electron chi connectivity index (χ2n) is 3.98. The molecular formula is C10H12N2O. The fourth-order valence-corrected chi connectivity index (χ4v) is 1.86. The molecule has 2 rings (SSSR count). The van der Waals surface area contributed by atoms with Crippen molar-refractivity contribution in [3.63, 3.8) is 0 Å². The maximum absolute atomic E-state index is 11.7. The van der Waals surface area contributed by atoms with Crippen LogP contribution in [0.1, 0.15) is 13.8 Å². The molecule has 0 spiro atoms. The predicted octanol–water partition coefficient (Wildman–Crippen LogP) is 1.91. The van der Waals surface area contributed by atoms with Crippen LogP contribution in [-0.4, -0.2) is 17.4 Å². The molecule has 1 aliphatic carbocycles. The van der Waals surface area contributed by atoms with Gasteiger partial charge in [0.1, 0.15) is 6.04 Å². The number of azo groups is 1. The first kappa shape index (κ1) is 8.35. The SMILES string of the molecule is CC1(C)N=NC2C=CC=CC(=O)C21. The van der Waals surface area contributed by atoms with E-state index >= 15 is 0 Å². The van der Waals surface area contributed by atoms with Crippen LogP contribution in [-0.2, 0) is 4.79 Å². The van der Waals surface area contributed by atoms with Crippen LogP contribution in [0.15, 0.2) is 34.5 Å². The van der Waals surface area contributed by atoms with Crippen LogP contribution in [0.4, 0.5) is 0 Å². The van der Waals surface area contributed by atoms with E-state index in [-0.39, 0.29) is 23.3 Å². The van der Waals surface area contributed by atoms with Crippen LogP contribution in [0.3, 0.4) is 0 Å². The Morgan fingerprint density at radius 2 is 2.15 bits per heavy atom. The monoisotopic (exact) mass is 176 g/mol. The third-order valence-corrected chi connectivity index (χ3v) is 2.54. The molecule has 0 aromatic rings. The lowest BCUT2D eigenvalue weighted by molar-refractivity contribution is -0.119. The van der Waals surface area contributed by atoms with Crippen molar-refractivity contribution in [3.8, 4) is 0 Å². The quantitative estimate of drug-likeness (QED) is 0.556. The molecule has 0 N–H and O–H groups in total. The maximum atomic E-state index is 11.7. The van der Waals surface area contributed by atoms with E-state index in [1.807, 2.05) is 26.0 Å². The molecular weight excluding hydrogens is 164 g/mol. The minimum atomic E-state index is -0.346. The first-order chi connectivity index (χ1) is 6.11. The summed E-state index contributed by atoms with van der Waals surface area (Å²) >= 11 is 0. The van der Waals surface area contributed by atoms with Crippen LogP contribution < -0.4 is 0 Å². The van der Waals surface area contributed by atoms with Crippen molar-refractivity contribution in [1.29, 1.82) is 0 Å². The minimum absolute atomic E-state index is 0.0579. The summed E-state index contributed by atoms with van der Waals surface area (Å²) in [4.78, 5) is 11.7. The Hall–Kier alpha value is -1.25. The highest BCUT2D eigenvalue weighted by Crippen LogP contribution is 2.35. The minimum Gasteiger partial charge on any atom is -0.294 e. The molecule has 3 nitrogen and oxygen atoms in total. The molecule has 0 radical (unpaired) electrons. The smallest absolute Gasteiger partial charge is 0.163 e. The van der Waals surface area contributed by atoms with Gasteiger partial charge >= 0.3 is 0 Å². The second-order valence-corrected chi connectivity index (χ2v) is 3.98. The highest BCUT2D eigenvalue weighted by Gasteiger charge is 2.44. The summed E-state index contributed by atoms with van der Waals surface area (Å²) < 4.78 is 0. The highest BCUT2D eigenvalue weighted by atomic mass is 16.1. The van der Waals surface area contributed by atoms with Crippen LogP contribution in [0.5, 0.6) is 0 Å². The summed E-state index contributed by atoms with van der Waals surface area (Å²) in [5.74, 6) is 0.0208. The zero-order valence-electron chi connectivity index (χ0n) is 7.77. The van der Waals surface area contributed by atoms with Crippen LogP contribution >= 0.6 is 0 Å². The second kappa shape index (κ2) is 2.62. The third kappa shape index (κ3) is 1.24. The number of ketones is 1. The van der Waals surface area contributed by atoms with E-state index in [0.717, 1.165) is 0 Å². The Bertz CT molecular complexity index is 326. The molecule has 0 saturated carbocycles. The topological polar surface area (TPSA) is 41.8 Å². The fraction of sp³-hybridized carbons (Fsp3) is 0.500. The van der Waals surface area contributed by atoms with Gasteiger partial charge in [-0.2, -0.15) is 10.2 Å². The first-order valence-corrected chi connectivity index (χ1v) is 4.42. The lowest BCUT2D eigenvalue weighted by atomic mass is 9.81.